The fourth-order valence-corrected chi connectivity index (χ4v) is 1.85. The standard InChI is InChI=1S/C15H14O4/c16-10-11-4-1-2-5-12(11)13(17)7-8-14(18)15-6-3-9-19-15/h1-6,9,16H,7-8,10H2. The summed E-state index contributed by atoms with van der Waals surface area (Å²) in [7, 11) is 0. The molecular formula is C15H14O4. The van der Waals surface area contributed by atoms with Gasteiger partial charge in [-0.15, -0.1) is 0 Å². The molecule has 1 heterocycles. The lowest BCUT2D eigenvalue weighted by molar-refractivity contribution is 0.0901. The zero-order valence-electron chi connectivity index (χ0n) is 10.3. The van der Waals surface area contributed by atoms with Crippen molar-refractivity contribution in [3.05, 3.63) is 59.5 Å². The van der Waals surface area contributed by atoms with Crippen LogP contribution in [0.3, 0.4) is 0 Å². The van der Waals surface area contributed by atoms with Crippen LogP contribution in [0.4, 0.5) is 0 Å². The van der Waals surface area contributed by atoms with Crippen molar-refractivity contribution < 1.29 is 19.1 Å². The van der Waals surface area contributed by atoms with Gasteiger partial charge in [0.25, 0.3) is 0 Å². The van der Waals surface area contributed by atoms with Crippen LogP contribution in [0.1, 0.15) is 39.3 Å². The Morgan fingerprint density at radius 1 is 1.00 bits per heavy atom. The lowest BCUT2D eigenvalue weighted by atomic mass is 10.00. The van der Waals surface area contributed by atoms with Gasteiger partial charge in [0.1, 0.15) is 0 Å². The molecule has 2 rings (SSSR count). The fraction of sp³-hybridized carbons (Fsp3) is 0.200. The molecule has 0 saturated heterocycles. The molecule has 0 spiro atoms. The second-order valence-corrected chi connectivity index (χ2v) is 4.14. The first kappa shape index (κ1) is 13.2. The third-order valence-corrected chi connectivity index (χ3v) is 2.86. The van der Waals surface area contributed by atoms with Gasteiger partial charge in [-0.2, -0.15) is 0 Å². The predicted molar refractivity (Wildman–Crippen MR) is 69.0 cm³/mol. The Bertz CT molecular complexity index is 570. The maximum absolute atomic E-state index is 12.0. The summed E-state index contributed by atoms with van der Waals surface area (Å²) in [5, 5.41) is 9.16. The molecule has 0 amide bonds. The summed E-state index contributed by atoms with van der Waals surface area (Å²) < 4.78 is 4.98. The van der Waals surface area contributed by atoms with Crippen molar-refractivity contribution >= 4 is 11.6 Å². The lowest BCUT2D eigenvalue weighted by Gasteiger charge is -2.05. The zero-order valence-corrected chi connectivity index (χ0v) is 10.3. The Kier molecular flexibility index (Phi) is 4.26. The Labute approximate surface area is 110 Å². The van der Waals surface area contributed by atoms with Crippen molar-refractivity contribution in [2.45, 2.75) is 19.4 Å². The maximum atomic E-state index is 12.0. The molecule has 0 fully saturated rings. The van der Waals surface area contributed by atoms with Gasteiger partial charge in [0.05, 0.1) is 12.9 Å². The average molecular weight is 258 g/mol. The van der Waals surface area contributed by atoms with Crippen LogP contribution in [-0.4, -0.2) is 16.7 Å². The fourth-order valence-electron chi connectivity index (χ4n) is 1.85. The van der Waals surface area contributed by atoms with E-state index >= 15 is 0 Å². The second-order valence-electron chi connectivity index (χ2n) is 4.14. The predicted octanol–water partition coefficient (Wildman–Crippen LogP) is 2.62. The molecule has 1 aromatic heterocycles. The molecule has 0 aliphatic rings. The highest BCUT2D eigenvalue weighted by Crippen LogP contribution is 2.14. The zero-order chi connectivity index (χ0) is 13.7. The van der Waals surface area contributed by atoms with Gasteiger partial charge in [-0.05, 0) is 17.7 Å². The molecular weight excluding hydrogens is 244 g/mol. The number of carbonyl (C=O) groups is 2. The molecule has 0 aliphatic heterocycles. The van der Waals surface area contributed by atoms with Gasteiger partial charge < -0.3 is 9.52 Å². The van der Waals surface area contributed by atoms with E-state index in [1.807, 2.05) is 0 Å². The van der Waals surface area contributed by atoms with Crippen LogP contribution in [0.5, 0.6) is 0 Å². The second kappa shape index (κ2) is 6.11. The number of hydrogen-bond donors (Lipinski definition) is 1. The molecule has 0 atom stereocenters. The third kappa shape index (κ3) is 3.17. The van der Waals surface area contributed by atoms with E-state index in [9.17, 15) is 9.59 Å². The highest BCUT2D eigenvalue weighted by molar-refractivity contribution is 6.01. The summed E-state index contributed by atoms with van der Waals surface area (Å²) in [6.45, 7) is -0.186. The molecule has 1 N–H and O–H groups in total. The first-order valence-corrected chi connectivity index (χ1v) is 6.01. The number of ketones is 2. The molecule has 4 heteroatoms. The Balaban J connectivity index is 2.00. The monoisotopic (exact) mass is 258 g/mol. The summed E-state index contributed by atoms with van der Waals surface area (Å²) in [5.74, 6) is -0.0763. The van der Waals surface area contributed by atoms with E-state index in [1.54, 1.807) is 36.4 Å². The quantitative estimate of drug-likeness (QED) is 0.809. The van der Waals surface area contributed by atoms with Crippen LogP contribution >= 0.6 is 0 Å². The van der Waals surface area contributed by atoms with Gasteiger partial charge in [0.2, 0.25) is 0 Å². The minimum Gasteiger partial charge on any atom is -0.461 e. The van der Waals surface area contributed by atoms with Crippen molar-refractivity contribution in [3.8, 4) is 0 Å². The van der Waals surface area contributed by atoms with Crippen LogP contribution in [0.15, 0.2) is 47.1 Å². The van der Waals surface area contributed by atoms with Crippen molar-refractivity contribution in [2.75, 3.05) is 0 Å². The van der Waals surface area contributed by atoms with Crippen molar-refractivity contribution in [1.29, 1.82) is 0 Å². The van der Waals surface area contributed by atoms with Crippen LogP contribution in [0.25, 0.3) is 0 Å². The summed E-state index contributed by atoms with van der Waals surface area (Å²) in [4.78, 5) is 23.7. The smallest absolute Gasteiger partial charge is 0.198 e. The molecule has 0 unspecified atom stereocenters. The van der Waals surface area contributed by atoms with Gasteiger partial charge in [-0.25, -0.2) is 0 Å². The van der Waals surface area contributed by atoms with Crippen LogP contribution in [-0.2, 0) is 6.61 Å². The van der Waals surface area contributed by atoms with E-state index in [-0.39, 0.29) is 36.8 Å². The highest BCUT2D eigenvalue weighted by atomic mass is 16.3. The van der Waals surface area contributed by atoms with Crippen LogP contribution < -0.4 is 0 Å². The van der Waals surface area contributed by atoms with E-state index in [2.05, 4.69) is 0 Å². The van der Waals surface area contributed by atoms with Crippen molar-refractivity contribution in [1.82, 2.24) is 0 Å². The minimum absolute atomic E-state index is 0.103. The lowest BCUT2D eigenvalue weighted by Crippen LogP contribution is -2.07. The maximum Gasteiger partial charge on any atom is 0.198 e. The Hall–Kier alpha value is -2.20. The van der Waals surface area contributed by atoms with Crippen molar-refractivity contribution in [3.63, 3.8) is 0 Å². The number of furan rings is 1. The van der Waals surface area contributed by atoms with Crippen LogP contribution in [0.2, 0.25) is 0 Å². The molecule has 0 aliphatic carbocycles. The molecule has 2 aromatic rings. The number of hydrogen-bond acceptors (Lipinski definition) is 4. The molecule has 0 saturated carbocycles. The Morgan fingerprint density at radius 2 is 1.74 bits per heavy atom. The number of benzene rings is 1. The van der Waals surface area contributed by atoms with Crippen LogP contribution in [0, 0.1) is 0 Å². The van der Waals surface area contributed by atoms with Gasteiger partial charge in [0, 0.05) is 18.4 Å². The normalized spacial score (nSPS) is 10.4. The average Bonchev–Trinajstić information content (AvgIpc) is 2.98. The first-order valence-electron chi connectivity index (χ1n) is 6.01. The molecule has 98 valence electrons. The molecule has 0 radical (unpaired) electrons. The van der Waals surface area contributed by atoms with E-state index in [1.165, 1.54) is 6.26 Å². The number of carbonyl (C=O) groups excluding carboxylic acids is 2. The summed E-state index contributed by atoms with van der Waals surface area (Å²) >= 11 is 0. The first-order chi connectivity index (χ1) is 9.22. The molecule has 1 aromatic carbocycles. The SMILES string of the molecule is O=C(CCC(=O)c1ccccc1CO)c1ccco1. The minimum atomic E-state index is -0.195. The van der Waals surface area contributed by atoms with E-state index in [4.69, 9.17) is 9.52 Å². The number of aliphatic hydroxyl groups excluding tert-OH is 1. The van der Waals surface area contributed by atoms with E-state index in [0.29, 0.717) is 11.1 Å². The molecule has 4 nitrogen and oxygen atoms in total. The number of aliphatic hydroxyl groups is 1. The van der Waals surface area contributed by atoms with Gasteiger partial charge in [0.15, 0.2) is 17.3 Å². The third-order valence-electron chi connectivity index (χ3n) is 2.86. The Morgan fingerprint density at radius 3 is 2.42 bits per heavy atom. The number of Topliss-reactive ketones (excluding diaryl/α,β-unsaturated/α-hetero) is 2. The van der Waals surface area contributed by atoms with E-state index in [0.717, 1.165) is 0 Å². The number of rotatable bonds is 6. The van der Waals surface area contributed by atoms with Crippen molar-refractivity contribution in [2.24, 2.45) is 0 Å². The summed E-state index contributed by atoms with van der Waals surface area (Å²) in [5.41, 5.74) is 1.05. The highest BCUT2D eigenvalue weighted by Gasteiger charge is 2.14. The summed E-state index contributed by atoms with van der Waals surface area (Å²) in [6, 6.07) is 10.1. The topological polar surface area (TPSA) is 67.5 Å². The van der Waals surface area contributed by atoms with Gasteiger partial charge >= 0.3 is 0 Å². The molecule has 0 bridgehead atoms. The largest absolute Gasteiger partial charge is 0.461 e. The van der Waals surface area contributed by atoms with Gasteiger partial charge in [-0.1, -0.05) is 24.3 Å². The summed E-state index contributed by atoms with van der Waals surface area (Å²) in [6.07, 6.45) is 1.64. The van der Waals surface area contributed by atoms with Gasteiger partial charge in [-0.3, -0.25) is 9.59 Å². The molecule has 19 heavy (non-hydrogen) atoms. The van der Waals surface area contributed by atoms with E-state index < -0.39 is 0 Å².